The van der Waals surface area contributed by atoms with Gasteiger partial charge in [-0.15, -0.1) is 5.10 Å². The van der Waals surface area contributed by atoms with Crippen LogP contribution in [0.25, 0.3) is 0 Å². The number of halogens is 1. The zero-order chi connectivity index (χ0) is 10.1. The minimum atomic E-state index is -0.978. The van der Waals surface area contributed by atoms with E-state index < -0.39 is 5.97 Å². The first-order valence-electron chi connectivity index (χ1n) is 4.54. The van der Waals surface area contributed by atoms with Crippen LogP contribution < -0.4 is 0 Å². The number of aromatic nitrogens is 3. The topological polar surface area (TPSA) is 68.0 Å². The first-order chi connectivity index (χ1) is 6.70. The molecule has 1 aromatic rings. The van der Waals surface area contributed by atoms with Crippen molar-refractivity contribution in [3.8, 4) is 0 Å². The quantitative estimate of drug-likeness (QED) is 0.881. The van der Waals surface area contributed by atoms with Gasteiger partial charge in [-0.2, -0.15) is 0 Å². The standard InChI is InChI=1S/C8H10BrN3O2/c9-7-6(8(13)14)12(11-10-7)5-3-1-2-4-5/h5H,1-4H2,(H,13,14). The molecule has 0 spiro atoms. The molecule has 1 saturated carbocycles. The third kappa shape index (κ3) is 1.54. The van der Waals surface area contributed by atoms with E-state index in [0.29, 0.717) is 4.60 Å². The summed E-state index contributed by atoms with van der Waals surface area (Å²) in [6.07, 6.45) is 4.27. The second-order valence-electron chi connectivity index (χ2n) is 3.42. The summed E-state index contributed by atoms with van der Waals surface area (Å²) in [5, 5.41) is 16.6. The molecule has 0 bridgehead atoms. The second-order valence-corrected chi connectivity index (χ2v) is 4.17. The lowest BCUT2D eigenvalue weighted by Gasteiger charge is -2.10. The van der Waals surface area contributed by atoms with E-state index in [2.05, 4.69) is 26.2 Å². The summed E-state index contributed by atoms with van der Waals surface area (Å²) in [6, 6.07) is 0.208. The molecule has 1 aliphatic rings. The summed E-state index contributed by atoms with van der Waals surface area (Å²) < 4.78 is 1.84. The van der Waals surface area contributed by atoms with Gasteiger partial charge < -0.3 is 5.11 Å². The SMILES string of the molecule is O=C(O)c1c(Br)nnn1C1CCCC1. The van der Waals surface area contributed by atoms with E-state index in [0.717, 1.165) is 25.7 Å². The predicted molar refractivity (Wildman–Crippen MR) is 52.2 cm³/mol. The maximum absolute atomic E-state index is 10.9. The van der Waals surface area contributed by atoms with Crippen LogP contribution in [0.15, 0.2) is 4.60 Å². The Kier molecular flexibility index (Phi) is 2.54. The normalized spacial score (nSPS) is 17.5. The van der Waals surface area contributed by atoms with Crippen molar-refractivity contribution in [3.05, 3.63) is 10.3 Å². The van der Waals surface area contributed by atoms with E-state index >= 15 is 0 Å². The Morgan fingerprint density at radius 3 is 2.71 bits per heavy atom. The number of hydrogen-bond acceptors (Lipinski definition) is 3. The zero-order valence-electron chi connectivity index (χ0n) is 7.48. The smallest absolute Gasteiger partial charge is 0.357 e. The number of rotatable bonds is 2. The second kappa shape index (κ2) is 3.68. The number of carbonyl (C=O) groups is 1. The molecule has 1 aromatic heterocycles. The van der Waals surface area contributed by atoms with Crippen LogP contribution in [-0.2, 0) is 0 Å². The van der Waals surface area contributed by atoms with E-state index in [-0.39, 0.29) is 11.7 Å². The van der Waals surface area contributed by atoms with Crippen LogP contribution in [0.3, 0.4) is 0 Å². The first kappa shape index (κ1) is 9.64. The summed E-state index contributed by atoms with van der Waals surface area (Å²) in [5.74, 6) is -0.978. The summed E-state index contributed by atoms with van der Waals surface area (Å²) >= 11 is 3.09. The maximum atomic E-state index is 10.9. The van der Waals surface area contributed by atoms with Crippen LogP contribution in [0.1, 0.15) is 42.2 Å². The number of carboxylic acid groups (broad SMARTS) is 1. The minimum Gasteiger partial charge on any atom is -0.476 e. The molecule has 14 heavy (non-hydrogen) atoms. The first-order valence-corrected chi connectivity index (χ1v) is 5.33. The van der Waals surface area contributed by atoms with Crippen molar-refractivity contribution in [3.63, 3.8) is 0 Å². The van der Waals surface area contributed by atoms with E-state index in [1.807, 2.05) is 0 Å². The minimum absolute atomic E-state index is 0.164. The van der Waals surface area contributed by atoms with Gasteiger partial charge in [0.05, 0.1) is 6.04 Å². The van der Waals surface area contributed by atoms with Gasteiger partial charge in [-0.3, -0.25) is 0 Å². The highest BCUT2D eigenvalue weighted by Crippen LogP contribution is 2.30. The average molecular weight is 260 g/mol. The van der Waals surface area contributed by atoms with Crippen molar-refractivity contribution in [2.45, 2.75) is 31.7 Å². The predicted octanol–water partition coefficient (Wildman–Crippen LogP) is 1.85. The van der Waals surface area contributed by atoms with Crippen molar-refractivity contribution in [2.24, 2.45) is 0 Å². The van der Waals surface area contributed by atoms with Crippen LogP contribution in [0, 0.1) is 0 Å². The van der Waals surface area contributed by atoms with E-state index in [4.69, 9.17) is 5.11 Å². The molecule has 5 nitrogen and oxygen atoms in total. The highest BCUT2D eigenvalue weighted by molar-refractivity contribution is 9.10. The molecule has 0 unspecified atom stereocenters. The van der Waals surface area contributed by atoms with Crippen LogP contribution in [0.5, 0.6) is 0 Å². The molecular formula is C8H10BrN3O2. The van der Waals surface area contributed by atoms with Crippen molar-refractivity contribution < 1.29 is 9.90 Å². The van der Waals surface area contributed by atoms with Crippen LogP contribution in [0.4, 0.5) is 0 Å². The van der Waals surface area contributed by atoms with Crippen LogP contribution in [0.2, 0.25) is 0 Å². The maximum Gasteiger partial charge on any atom is 0.357 e. The molecule has 1 fully saturated rings. The molecule has 76 valence electrons. The fraction of sp³-hybridized carbons (Fsp3) is 0.625. The lowest BCUT2D eigenvalue weighted by molar-refractivity contribution is 0.0679. The molecule has 1 aliphatic carbocycles. The summed E-state index contributed by atoms with van der Waals surface area (Å²) in [4.78, 5) is 10.9. The largest absolute Gasteiger partial charge is 0.476 e. The summed E-state index contributed by atoms with van der Waals surface area (Å²) in [7, 11) is 0. The molecule has 0 atom stereocenters. The van der Waals surface area contributed by atoms with Gasteiger partial charge in [0.2, 0.25) is 0 Å². The lowest BCUT2D eigenvalue weighted by atomic mass is 10.2. The number of nitrogens with zero attached hydrogens (tertiary/aromatic N) is 3. The molecule has 1 heterocycles. The molecule has 0 saturated heterocycles. The van der Waals surface area contributed by atoms with Crippen LogP contribution >= 0.6 is 15.9 Å². The van der Waals surface area contributed by atoms with E-state index in [1.165, 1.54) is 4.68 Å². The zero-order valence-corrected chi connectivity index (χ0v) is 9.07. The van der Waals surface area contributed by atoms with Gasteiger partial charge in [0, 0.05) is 0 Å². The lowest BCUT2D eigenvalue weighted by Crippen LogP contribution is -2.14. The fourth-order valence-corrected chi connectivity index (χ4v) is 2.29. The Labute approximate surface area is 89.2 Å². The Morgan fingerprint density at radius 2 is 2.14 bits per heavy atom. The fourth-order valence-electron chi connectivity index (χ4n) is 1.86. The Morgan fingerprint density at radius 1 is 1.50 bits per heavy atom. The Balaban J connectivity index is 2.37. The van der Waals surface area contributed by atoms with Crippen molar-refractivity contribution in [1.29, 1.82) is 0 Å². The van der Waals surface area contributed by atoms with Crippen molar-refractivity contribution in [2.75, 3.05) is 0 Å². The van der Waals surface area contributed by atoms with Gasteiger partial charge in [-0.05, 0) is 28.8 Å². The van der Waals surface area contributed by atoms with Gasteiger partial charge in [0.25, 0.3) is 0 Å². The van der Waals surface area contributed by atoms with Gasteiger partial charge in [-0.1, -0.05) is 18.1 Å². The molecule has 0 amide bonds. The Hall–Kier alpha value is -0.910. The summed E-state index contributed by atoms with van der Waals surface area (Å²) in [5.41, 5.74) is 0.164. The number of hydrogen-bond donors (Lipinski definition) is 1. The molecular weight excluding hydrogens is 250 g/mol. The highest BCUT2D eigenvalue weighted by atomic mass is 79.9. The number of aromatic carboxylic acids is 1. The van der Waals surface area contributed by atoms with Gasteiger partial charge in [0.15, 0.2) is 10.3 Å². The van der Waals surface area contributed by atoms with Gasteiger partial charge in [-0.25, -0.2) is 9.48 Å². The van der Waals surface area contributed by atoms with Gasteiger partial charge >= 0.3 is 5.97 Å². The van der Waals surface area contributed by atoms with Crippen molar-refractivity contribution >= 4 is 21.9 Å². The molecule has 0 radical (unpaired) electrons. The third-order valence-corrected chi connectivity index (χ3v) is 3.06. The molecule has 2 rings (SSSR count). The van der Waals surface area contributed by atoms with E-state index in [1.54, 1.807) is 0 Å². The van der Waals surface area contributed by atoms with Gasteiger partial charge in [0.1, 0.15) is 0 Å². The Bertz CT molecular complexity index is 357. The molecule has 0 aromatic carbocycles. The average Bonchev–Trinajstić information content (AvgIpc) is 2.70. The monoisotopic (exact) mass is 259 g/mol. The number of carboxylic acids is 1. The van der Waals surface area contributed by atoms with E-state index in [9.17, 15) is 4.79 Å². The van der Waals surface area contributed by atoms with Crippen molar-refractivity contribution in [1.82, 2.24) is 15.0 Å². The molecule has 0 aliphatic heterocycles. The third-order valence-electron chi connectivity index (χ3n) is 2.53. The molecule has 6 heteroatoms. The highest BCUT2D eigenvalue weighted by Gasteiger charge is 2.25. The molecule has 1 N–H and O–H groups in total. The summed E-state index contributed by atoms with van der Waals surface area (Å²) in [6.45, 7) is 0. The van der Waals surface area contributed by atoms with Crippen LogP contribution in [-0.4, -0.2) is 26.1 Å².